The van der Waals surface area contributed by atoms with Crippen molar-refractivity contribution >= 4 is 45.7 Å². The molecule has 9 heteroatoms. The van der Waals surface area contributed by atoms with Crippen LogP contribution < -0.4 is 15.4 Å². The van der Waals surface area contributed by atoms with E-state index in [9.17, 15) is 14.0 Å². The molecule has 1 unspecified atom stereocenters. The number of benzene rings is 3. The van der Waals surface area contributed by atoms with Crippen molar-refractivity contribution in [2.24, 2.45) is 0 Å². The first-order valence-electron chi connectivity index (χ1n) is 10.7. The topological polar surface area (TPSA) is 80.3 Å². The number of thiazole rings is 1. The fourth-order valence-corrected chi connectivity index (χ4v) is 4.85. The summed E-state index contributed by atoms with van der Waals surface area (Å²) < 4.78 is 19.1. The summed E-state index contributed by atoms with van der Waals surface area (Å²) in [5.41, 5.74) is 2.13. The molecular weight excluding hydrogens is 485 g/mol. The van der Waals surface area contributed by atoms with Crippen LogP contribution in [0.1, 0.15) is 17.3 Å². The van der Waals surface area contributed by atoms with Gasteiger partial charge in [0, 0.05) is 21.5 Å². The number of hydrogen-bond acceptors (Lipinski definition) is 6. The lowest BCUT2D eigenvalue weighted by Crippen LogP contribution is -2.22. The first-order valence-corrected chi connectivity index (χ1v) is 12.4. The van der Waals surface area contributed by atoms with Crippen molar-refractivity contribution in [2.45, 2.75) is 17.1 Å². The van der Waals surface area contributed by atoms with Crippen LogP contribution in [0.15, 0.2) is 83.1 Å². The third-order valence-corrected chi connectivity index (χ3v) is 6.84. The Bertz CT molecular complexity index is 1360. The lowest BCUT2D eigenvalue weighted by atomic mass is 10.2. The Kier molecular flexibility index (Phi) is 7.79. The van der Waals surface area contributed by atoms with E-state index < -0.39 is 17.0 Å². The Morgan fingerprint density at radius 1 is 1.03 bits per heavy atom. The van der Waals surface area contributed by atoms with Gasteiger partial charge in [0.1, 0.15) is 11.6 Å². The van der Waals surface area contributed by atoms with Gasteiger partial charge in [0.15, 0.2) is 5.13 Å². The van der Waals surface area contributed by atoms with E-state index in [4.69, 9.17) is 4.74 Å². The highest BCUT2D eigenvalue weighted by Gasteiger charge is 2.17. The number of carbonyl (C=O) groups excluding carboxylic acids is 2. The first-order chi connectivity index (χ1) is 16.9. The standard InChI is InChI=1S/C26H22FN3O3S2/c1-16(24(31)30-26-29-23(15-34-26)17-7-5-9-19(13-17)33-2)35-20-10-6-8-18(14-20)28-25(32)21-11-3-4-12-22(21)27/h3-16H,1-2H3,(H,28,32)(H,29,30,31). The van der Waals surface area contributed by atoms with Crippen LogP contribution in [0.25, 0.3) is 11.3 Å². The number of carbonyl (C=O) groups is 2. The minimum absolute atomic E-state index is 0.0323. The van der Waals surface area contributed by atoms with Gasteiger partial charge in [0.25, 0.3) is 5.91 Å². The summed E-state index contributed by atoms with van der Waals surface area (Å²) >= 11 is 2.69. The molecule has 1 aromatic heterocycles. The third kappa shape index (κ3) is 6.26. The van der Waals surface area contributed by atoms with E-state index in [2.05, 4.69) is 15.6 Å². The van der Waals surface area contributed by atoms with Gasteiger partial charge in [-0.25, -0.2) is 9.37 Å². The summed E-state index contributed by atoms with van der Waals surface area (Å²) in [5.74, 6) is -0.579. The maximum atomic E-state index is 13.9. The Labute approximate surface area is 210 Å². The van der Waals surface area contributed by atoms with Gasteiger partial charge >= 0.3 is 0 Å². The fraction of sp³-hybridized carbons (Fsp3) is 0.115. The highest BCUT2D eigenvalue weighted by molar-refractivity contribution is 8.00. The van der Waals surface area contributed by atoms with Gasteiger partial charge in [-0.05, 0) is 49.4 Å². The van der Waals surface area contributed by atoms with Crippen LogP contribution >= 0.6 is 23.1 Å². The molecule has 3 aromatic carbocycles. The molecule has 2 amide bonds. The number of nitrogens with one attached hydrogen (secondary N) is 2. The summed E-state index contributed by atoms with van der Waals surface area (Å²) in [4.78, 5) is 30.4. The zero-order valence-electron chi connectivity index (χ0n) is 18.9. The maximum Gasteiger partial charge on any atom is 0.258 e. The average Bonchev–Trinajstić information content (AvgIpc) is 3.33. The molecule has 0 fully saturated rings. The van der Waals surface area contributed by atoms with Crippen LogP contribution in [0.5, 0.6) is 5.75 Å². The molecule has 35 heavy (non-hydrogen) atoms. The molecule has 178 valence electrons. The van der Waals surface area contributed by atoms with E-state index in [1.54, 1.807) is 38.3 Å². The van der Waals surface area contributed by atoms with Crippen molar-refractivity contribution in [1.29, 1.82) is 0 Å². The molecule has 6 nitrogen and oxygen atoms in total. The van der Waals surface area contributed by atoms with E-state index in [1.807, 2.05) is 35.7 Å². The number of amides is 2. The summed E-state index contributed by atoms with van der Waals surface area (Å²) in [5, 5.41) is 7.52. The van der Waals surface area contributed by atoms with Gasteiger partial charge in [-0.2, -0.15) is 0 Å². The molecule has 0 aliphatic rings. The second kappa shape index (κ2) is 11.2. The largest absolute Gasteiger partial charge is 0.497 e. The number of anilines is 2. The van der Waals surface area contributed by atoms with Crippen LogP contribution in [0.2, 0.25) is 0 Å². The van der Waals surface area contributed by atoms with E-state index >= 15 is 0 Å². The smallest absolute Gasteiger partial charge is 0.258 e. The van der Waals surface area contributed by atoms with E-state index in [0.717, 1.165) is 21.9 Å². The number of rotatable bonds is 8. The van der Waals surface area contributed by atoms with E-state index in [0.29, 0.717) is 10.8 Å². The predicted octanol–water partition coefficient (Wildman–Crippen LogP) is 6.33. The Hall–Kier alpha value is -3.69. The Morgan fingerprint density at radius 2 is 1.83 bits per heavy atom. The van der Waals surface area contributed by atoms with E-state index in [-0.39, 0.29) is 11.5 Å². The molecule has 4 rings (SSSR count). The molecule has 0 radical (unpaired) electrons. The lowest BCUT2D eigenvalue weighted by molar-refractivity contribution is -0.115. The van der Waals surface area contributed by atoms with Crippen molar-refractivity contribution in [3.05, 3.63) is 89.6 Å². The van der Waals surface area contributed by atoms with Crippen LogP contribution in [-0.4, -0.2) is 29.2 Å². The normalized spacial score (nSPS) is 11.5. The zero-order valence-corrected chi connectivity index (χ0v) is 20.6. The SMILES string of the molecule is COc1cccc(-c2csc(NC(=O)C(C)Sc3cccc(NC(=O)c4ccccc4F)c3)n2)c1. The molecule has 0 bridgehead atoms. The second-order valence-electron chi connectivity index (χ2n) is 7.48. The van der Waals surface area contributed by atoms with Gasteiger partial charge in [0.05, 0.1) is 23.6 Å². The number of ether oxygens (including phenoxy) is 1. The van der Waals surface area contributed by atoms with E-state index in [1.165, 1.54) is 41.3 Å². The number of nitrogens with zero attached hydrogens (tertiary/aromatic N) is 1. The summed E-state index contributed by atoms with van der Waals surface area (Å²) in [6, 6.07) is 20.4. The quantitative estimate of drug-likeness (QED) is 0.273. The molecule has 1 atom stereocenters. The van der Waals surface area contributed by atoms with Gasteiger partial charge in [-0.15, -0.1) is 23.1 Å². The molecule has 0 aliphatic heterocycles. The summed E-state index contributed by atoms with van der Waals surface area (Å²) in [6.45, 7) is 1.79. The minimum atomic E-state index is -0.586. The number of thioether (sulfide) groups is 1. The molecule has 0 aliphatic carbocycles. The van der Waals surface area contributed by atoms with Crippen molar-refractivity contribution in [1.82, 2.24) is 4.98 Å². The highest BCUT2D eigenvalue weighted by atomic mass is 32.2. The van der Waals surface area contributed by atoms with Crippen LogP contribution in [0.3, 0.4) is 0 Å². The summed E-state index contributed by atoms with van der Waals surface area (Å²) in [7, 11) is 1.61. The van der Waals surface area contributed by atoms with Gasteiger partial charge < -0.3 is 15.4 Å². The third-order valence-electron chi connectivity index (χ3n) is 4.99. The van der Waals surface area contributed by atoms with Crippen molar-refractivity contribution in [3.8, 4) is 17.0 Å². The zero-order chi connectivity index (χ0) is 24.8. The fourth-order valence-electron chi connectivity index (χ4n) is 3.20. The molecular formula is C26H22FN3O3S2. The van der Waals surface area contributed by atoms with Gasteiger partial charge in [0.2, 0.25) is 5.91 Å². The number of aromatic nitrogens is 1. The van der Waals surface area contributed by atoms with Crippen molar-refractivity contribution in [3.63, 3.8) is 0 Å². The molecule has 1 heterocycles. The van der Waals surface area contributed by atoms with Crippen molar-refractivity contribution < 1.29 is 18.7 Å². The Balaban J connectivity index is 1.37. The molecule has 0 saturated heterocycles. The van der Waals surface area contributed by atoms with Crippen molar-refractivity contribution in [2.75, 3.05) is 17.7 Å². The lowest BCUT2D eigenvalue weighted by Gasteiger charge is -2.12. The summed E-state index contributed by atoms with van der Waals surface area (Å²) in [6.07, 6.45) is 0. The second-order valence-corrected chi connectivity index (χ2v) is 9.75. The highest BCUT2D eigenvalue weighted by Crippen LogP contribution is 2.30. The van der Waals surface area contributed by atoms with Gasteiger partial charge in [-0.1, -0.05) is 30.3 Å². The van der Waals surface area contributed by atoms with Crippen LogP contribution in [0, 0.1) is 5.82 Å². The molecule has 0 spiro atoms. The van der Waals surface area contributed by atoms with Gasteiger partial charge in [-0.3, -0.25) is 9.59 Å². The molecule has 0 saturated carbocycles. The maximum absolute atomic E-state index is 13.9. The number of methoxy groups -OCH3 is 1. The monoisotopic (exact) mass is 507 g/mol. The Morgan fingerprint density at radius 3 is 2.63 bits per heavy atom. The van der Waals surface area contributed by atoms with Crippen LogP contribution in [-0.2, 0) is 4.79 Å². The number of hydrogen-bond donors (Lipinski definition) is 2. The average molecular weight is 508 g/mol. The first kappa shape index (κ1) is 24.4. The molecule has 2 N–H and O–H groups in total. The predicted molar refractivity (Wildman–Crippen MR) is 139 cm³/mol. The van der Waals surface area contributed by atoms with Crippen LogP contribution in [0.4, 0.5) is 15.2 Å². The molecule has 4 aromatic rings. The number of halogens is 1. The minimum Gasteiger partial charge on any atom is -0.497 e.